The van der Waals surface area contributed by atoms with E-state index in [0.717, 1.165) is 0 Å². The first-order valence-corrected chi connectivity index (χ1v) is 8.43. The summed E-state index contributed by atoms with van der Waals surface area (Å²) in [7, 11) is 0. The van der Waals surface area contributed by atoms with Gasteiger partial charge in [-0.15, -0.1) is 0 Å². The Kier molecular flexibility index (Phi) is 6.32. The van der Waals surface area contributed by atoms with Crippen molar-refractivity contribution in [1.29, 1.82) is 0 Å². The molecule has 0 saturated carbocycles. The van der Waals surface area contributed by atoms with Gasteiger partial charge in [-0.25, -0.2) is 4.79 Å². The lowest BCUT2D eigenvalue weighted by molar-refractivity contribution is -0.142. The molecule has 2 N–H and O–H groups in total. The predicted molar refractivity (Wildman–Crippen MR) is 93.4 cm³/mol. The number of fused-ring (bicyclic) bond motifs is 1. The molecular weight excluding hydrogens is 340 g/mol. The lowest BCUT2D eigenvalue weighted by atomic mass is 10.1. The largest absolute Gasteiger partial charge is 0.482 e. The number of rotatable bonds is 8. The molecule has 0 radical (unpaired) electrons. The summed E-state index contributed by atoms with van der Waals surface area (Å²) in [6.45, 7) is 3.17. The summed E-state index contributed by atoms with van der Waals surface area (Å²) in [5, 5.41) is 11.6. The fourth-order valence-electron chi connectivity index (χ4n) is 2.69. The molecule has 2 rings (SSSR count). The minimum Gasteiger partial charge on any atom is -0.482 e. The Morgan fingerprint density at radius 1 is 1.35 bits per heavy atom. The minimum atomic E-state index is -1.08. The summed E-state index contributed by atoms with van der Waals surface area (Å²) in [6, 6.07) is 3.85. The molecule has 26 heavy (non-hydrogen) atoms. The lowest BCUT2D eigenvalue weighted by Crippen LogP contribution is -2.44. The topological polar surface area (TPSA) is 113 Å². The molecule has 1 atom stereocenters. The molecule has 0 bridgehead atoms. The summed E-state index contributed by atoms with van der Waals surface area (Å²) in [4.78, 5) is 48.3. The Morgan fingerprint density at radius 3 is 2.69 bits per heavy atom. The maximum atomic E-state index is 12.2. The molecule has 0 spiro atoms. The van der Waals surface area contributed by atoms with Crippen molar-refractivity contribution < 1.29 is 29.0 Å². The van der Waals surface area contributed by atoms with Crippen molar-refractivity contribution >= 4 is 29.3 Å². The number of carboxylic acid groups (broad SMARTS) is 1. The van der Waals surface area contributed by atoms with Gasteiger partial charge in [-0.2, -0.15) is 0 Å². The van der Waals surface area contributed by atoms with Gasteiger partial charge in [-0.1, -0.05) is 13.3 Å². The van der Waals surface area contributed by atoms with E-state index in [1.165, 1.54) is 11.8 Å². The van der Waals surface area contributed by atoms with Crippen molar-refractivity contribution in [1.82, 2.24) is 5.32 Å². The van der Waals surface area contributed by atoms with Crippen molar-refractivity contribution in [2.24, 2.45) is 0 Å². The molecule has 0 fully saturated rings. The first-order chi connectivity index (χ1) is 12.3. The lowest BCUT2D eigenvalue weighted by Gasteiger charge is -2.29. The minimum absolute atomic E-state index is 0.0526. The summed E-state index contributed by atoms with van der Waals surface area (Å²) in [5.74, 6) is -1.54. The molecule has 1 aliphatic rings. The molecule has 1 aromatic rings. The van der Waals surface area contributed by atoms with Gasteiger partial charge >= 0.3 is 5.97 Å². The second kappa shape index (κ2) is 8.46. The first kappa shape index (κ1) is 19.4. The van der Waals surface area contributed by atoms with Crippen LogP contribution in [0.2, 0.25) is 0 Å². The van der Waals surface area contributed by atoms with Crippen molar-refractivity contribution in [3.05, 3.63) is 23.8 Å². The van der Waals surface area contributed by atoms with Crippen LogP contribution in [0, 0.1) is 0 Å². The second-order valence-electron chi connectivity index (χ2n) is 6.07. The van der Waals surface area contributed by atoms with Crippen LogP contribution in [0.25, 0.3) is 0 Å². The number of nitrogens with one attached hydrogen (secondary N) is 1. The number of benzene rings is 1. The Hall–Kier alpha value is -2.90. The van der Waals surface area contributed by atoms with Crippen LogP contribution in [0.5, 0.6) is 5.75 Å². The van der Waals surface area contributed by atoms with Crippen LogP contribution < -0.4 is 15.0 Å². The second-order valence-corrected chi connectivity index (χ2v) is 6.07. The van der Waals surface area contributed by atoms with E-state index in [4.69, 9.17) is 9.84 Å². The number of anilines is 1. The van der Waals surface area contributed by atoms with E-state index in [1.807, 2.05) is 6.92 Å². The number of amides is 2. The van der Waals surface area contributed by atoms with Gasteiger partial charge < -0.3 is 20.1 Å². The Labute approximate surface area is 151 Å². The molecule has 1 aromatic carbocycles. The maximum Gasteiger partial charge on any atom is 0.326 e. The van der Waals surface area contributed by atoms with Crippen LogP contribution in [0.3, 0.4) is 0 Å². The number of nitrogens with zero attached hydrogens (tertiary/aromatic N) is 1. The van der Waals surface area contributed by atoms with Gasteiger partial charge in [0.05, 0.1) is 5.69 Å². The highest BCUT2D eigenvalue weighted by molar-refractivity contribution is 6.01. The van der Waals surface area contributed by atoms with Crippen LogP contribution in [0.4, 0.5) is 5.69 Å². The highest BCUT2D eigenvalue weighted by atomic mass is 16.5. The molecule has 0 aromatic heterocycles. The summed E-state index contributed by atoms with van der Waals surface area (Å²) in [6.07, 6.45) is 0.908. The standard InChI is InChI=1S/C18H22N2O6/c1-3-4-13(18(24)25)19-16(22)7-8-20-14-9-12(11(2)21)5-6-15(14)26-10-17(20)23/h5-6,9,13H,3-4,7-8,10H2,1-2H3,(H,19,22)(H,24,25). The van der Waals surface area contributed by atoms with E-state index in [9.17, 15) is 19.2 Å². The van der Waals surface area contributed by atoms with E-state index in [0.29, 0.717) is 29.8 Å². The fraction of sp³-hybridized carbons (Fsp3) is 0.444. The summed E-state index contributed by atoms with van der Waals surface area (Å²) in [5.41, 5.74) is 0.871. The molecule has 8 nitrogen and oxygen atoms in total. The normalized spacial score (nSPS) is 14.2. The molecule has 1 heterocycles. The van der Waals surface area contributed by atoms with Gasteiger partial charge in [0, 0.05) is 18.5 Å². The summed E-state index contributed by atoms with van der Waals surface area (Å²) >= 11 is 0. The molecule has 1 unspecified atom stereocenters. The average Bonchev–Trinajstić information content (AvgIpc) is 2.59. The van der Waals surface area contributed by atoms with Crippen LogP contribution in [0.15, 0.2) is 18.2 Å². The van der Waals surface area contributed by atoms with E-state index in [1.54, 1.807) is 18.2 Å². The highest BCUT2D eigenvalue weighted by Gasteiger charge is 2.27. The number of carboxylic acids is 1. The number of Topliss-reactive ketones (excluding diaryl/α,β-unsaturated/α-hetero) is 1. The molecule has 1 aliphatic heterocycles. The molecular formula is C18H22N2O6. The van der Waals surface area contributed by atoms with Gasteiger partial charge in [-0.3, -0.25) is 14.4 Å². The number of carbonyl (C=O) groups is 4. The summed E-state index contributed by atoms with van der Waals surface area (Å²) < 4.78 is 5.35. The molecule has 8 heteroatoms. The van der Waals surface area contributed by atoms with Gasteiger partial charge in [0.1, 0.15) is 11.8 Å². The van der Waals surface area contributed by atoms with Gasteiger partial charge in [0.15, 0.2) is 12.4 Å². The van der Waals surface area contributed by atoms with Crippen molar-refractivity contribution in [2.45, 2.75) is 39.2 Å². The van der Waals surface area contributed by atoms with Gasteiger partial charge in [0.25, 0.3) is 5.91 Å². The third-order valence-corrected chi connectivity index (χ3v) is 4.08. The molecule has 0 saturated heterocycles. The van der Waals surface area contributed by atoms with Crippen LogP contribution in [0.1, 0.15) is 43.5 Å². The number of ether oxygens (including phenoxy) is 1. The highest BCUT2D eigenvalue weighted by Crippen LogP contribution is 2.33. The van der Waals surface area contributed by atoms with E-state index in [2.05, 4.69) is 5.32 Å². The maximum absolute atomic E-state index is 12.2. The number of hydrogen-bond acceptors (Lipinski definition) is 5. The van der Waals surface area contributed by atoms with Gasteiger partial charge in [-0.05, 0) is 31.5 Å². The molecule has 140 valence electrons. The van der Waals surface area contributed by atoms with Crippen LogP contribution in [-0.4, -0.2) is 47.9 Å². The first-order valence-electron chi connectivity index (χ1n) is 8.43. The van der Waals surface area contributed by atoms with Crippen LogP contribution in [-0.2, 0) is 14.4 Å². The van der Waals surface area contributed by atoms with Crippen LogP contribution >= 0.6 is 0 Å². The number of aliphatic carboxylic acids is 1. The predicted octanol–water partition coefficient (Wildman–Crippen LogP) is 1.37. The molecule has 0 aliphatic carbocycles. The fourth-order valence-corrected chi connectivity index (χ4v) is 2.69. The zero-order valence-corrected chi connectivity index (χ0v) is 14.8. The number of carbonyl (C=O) groups excluding carboxylic acids is 3. The van der Waals surface area contributed by atoms with Crippen molar-refractivity contribution in [2.75, 3.05) is 18.1 Å². The zero-order chi connectivity index (χ0) is 19.3. The quantitative estimate of drug-likeness (QED) is 0.676. The smallest absolute Gasteiger partial charge is 0.326 e. The third kappa shape index (κ3) is 4.59. The Balaban J connectivity index is 2.08. The Morgan fingerprint density at radius 2 is 2.08 bits per heavy atom. The number of hydrogen-bond donors (Lipinski definition) is 2. The average molecular weight is 362 g/mol. The van der Waals surface area contributed by atoms with Crippen molar-refractivity contribution in [3.8, 4) is 5.75 Å². The number of ketones is 1. The zero-order valence-electron chi connectivity index (χ0n) is 14.8. The van der Waals surface area contributed by atoms with Gasteiger partial charge in [0.2, 0.25) is 5.91 Å². The van der Waals surface area contributed by atoms with E-state index in [-0.39, 0.29) is 31.3 Å². The molecule has 2 amide bonds. The SMILES string of the molecule is CCCC(NC(=O)CCN1C(=O)COc2ccc(C(C)=O)cc21)C(=O)O. The van der Waals surface area contributed by atoms with Crippen molar-refractivity contribution in [3.63, 3.8) is 0 Å². The third-order valence-electron chi connectivity index (χ3n) is 4.08. The van der Waals surface area contributed by atoms with E-state index >= 15 is 0 Å². The monoisotopic (exact) mass is 362 g/mol. The van der Waals surface area contributed by atoms with E-state index < -0.39 is 17.9 Å². The Bertz CT molecular complexity index is 730.